The molecule has 0 fully saturated rings. The SMILES string of the molecule is Cc1cc(-c2c(C)ccc3c2C(C)(C)c2ccccc2[Si]3(C)C)[n+](C)cc1C.Cc1ccc(-c2c(C)ccc3c2C(C)(C)c2ccccc2[Si]3(C)C)[n+](C)c1.Cc1ccc(-c2c(C)ccc3c2[Si](C)(C)c2ccccc2C3(C)C)[n+](C)c1.[2H]C([2H])([2H])c1c[n+](C)c(-c2c(C)ccc3c2C(C)(C)c2ccccc2[Si]3(C)C)cc1C.[2H]C([2H])([2H])c1ccc(-c2c(C)ccc3c2C(C)(C)c2ccccc2[Si]3(C)C)[n+](C)c1. The van der Waals surface area contributed by atoms with E-state index in [2.05, 4.69) is 469 Å². The van der Waals surface area contributed by atoms with Gasteiger partial charge < -0.3 is 0 Å². The molecule has 0 radical (unpaired) electrons. The Kier molecular flexibility index (Phi) is 23.6. The number of fused-ring (bicyclic) bond motifs is 10. The zero-order valence-corrected chi connectivity index (χ0v) is 94.1. The van der Waals surface area contributed by atoms with Crippen LogP contribution in [0.25, 0.3) is 56.3 Å². The summed E-state index contributed by atoms with van der Waals surface area (Å²) >= 11 is 0. The molecule has 137 heavy (non-hydrogen) atoms. The Hall–Kier alpha value is -11.0. The molecule has 0 N–H and O–H groups in total. The van der Waals surface area contributed by atoms with Gasteiger partial charge in [0.2, 0.25) is 28.5 Å². The molecule has 5 aliphatic rings. The molecule has 0 saturated carbocycles. The fraction of sp³-hybridized carbons (Fsp3) is 0.331. The second kappa shape index (κ2) is 35.4. The van der Waals surface area contributed by atoms with Crippen LogP contribution in [0, 0.1) is 82.9 Å². The van der Waals surface area contributed by atoms with Crippen molar-refractivity contribution in [3.63, 3.8) is 0 Å². The smallest absolute Gasteiger partial charge is 0.201 e. The normalized spacial score (nSPS) is 17.3. The van der Waals surface area contributed by atoms with Crippen molar-refractivity contribution in [3.05, 3.63) is 384 Å². The van der Waals surface area contributed by atoms with Gasteiger partial charge in [0.15, 0.2) is 31.0 Å². The highest BCUT2D eigenvalue weighted by atomic mass is 28.3. The molecular formula is C127H154N5Si5+5. The second-order valence-electron chi connectivity index (χ2n) is 46.2. The molecule has 0 spiro atoms. The molecular weight excluding hydrogens is 1740 g/mol. The summed E-state index contributed by atoms with van der Waals surface area (Å²) < 4.78 is 57.9. The number of nitrogens with zero attached hydrogens (tertiary/aromatic N) is 5. The van der Waals surface area contributed by atoms with E-state index in [-0.39, 0.29) is 27.1 Å². The fourth-order valence-corrected chi connectivity index (χ4v) is 42.9. The summed E-state index contributed by atoms with van der Waals surface area (Å²) in [4.78, 5) is 0. The van der Waals surface area contributed by atoms with Gasteiger partial charge in [0.05, 0.1) is 22.3 Å². The number of rotatable bonds is 5. The van der Waals surface area contributed by atoms with E-state index in [0.29, 0.717) is 11.1 Å². The van der Waals surface area contributed by atoms with Crippen LogP contribution in [-0.2, 0) is 62.3 Å². The van der Waals surface area contributed by atoms with E-state index in [0.717, 1.165) is 17.0 Å². The van der Waals surface area contributed by atoms with Crippen molar-refractivity contribution in [1.29, 1.82) is 0 Å². The van der Waals surface area contributed by atoms with Crippen LogP contribution >= 0.6 is 0 Å². The van der Waals surface area contributed by atoms with Crippen molar-refractivity contribution in [3.8, 4) is 56.3 Å². The number of aryl methyl sites for hydroxylation is 17. The molecule has 10 aromatic carbocycles. The lowest BCUT2D eigenvalue weighted by atomic mass is 9.74. The first-order chi connectivity index (χ1) is 66.5. The van der Waals surface area contributed by atoms with E-state index in [1.165, 1.54) is 166 Å². The predicted octanol–water partition coefficient (Wildman–Crippen LogP) is 21.9. The molecule has 10 heterocycles. The summed E-state index contributed by atoms with van der Waals surface area (Å²) in [5, 5.41) is 15.6. The number of aromatic nitrogens is 5. The summed E-state index contributed by atoms with van der Waals surface area (Å²) in [6.07, 6.45) is 10.3. The molecule has 5 aliphatic heterocycles. The third kappa shape index (κ3) is 16.4. The Balaban J connectivity index is 0.000000128. The fourth-order valence-electron chi connectivity index (χ4n) is 25.3. The van der Waals surface area contributed by atoms with Crippen molar-refractivity contribution < 1.29 is 31.1 Å². The molecule has 5 aromatic heterocycles. The highest BCUT2D eigenvalue weighted by Gasteiger charge is 2.52. The van der Waals surface area contributed by atoms with E-state index in [1.807, 2.05) is 36.2 Å². The van der Waals surface area contributed by atoms with E-state index < -0.39 is 54.1 Å². The minimum absolute atomic E-state index is 0.00626. The Morgan fingerprint density at radius 3 is 0.766 bits per heavy atom. The highest BCUT2D eigenvalue weighted by Crippen LogP contribution is 2.48. The van der Waals surface area contributed by atoms with Crippen LogP contribution in [0.3, 0.4) is 0 Å². The maximum absolute atomic E-state index is 7.90. The van der Waals surface area contributed by atoms with Crippen LogP contribution in [0.2, 0.25) is 65.5 Å². The van der Waals surface area contributed by atoms with Crippen LogP contribution in [0.15, 0.2) is 262 Å². The molecule has 15 aromatic rings. The number of hydrogen-bond acceptors (Lipinski definition) is 0. The first-order valence-electron chi connectivity index (χ1n) is 52.7. The molecule has 702 valence electrons. The van der Waals surface area contributed by atoms with Crippen LogP contribution in [0.1, 0.15) is 200 Å². The maximum atomic E-state index is 7.90. The van der Waals surface area contributed by atoms with Gasteiger partial charge in [0.1, 0.15) is 75.6 Å². The Morgan fingerprint density at radius 2 is 0.453 bits per heavy atom. The molecule has 0 amide bonds. The molecule has 5 nitrogen and oxygen atoms in total. The van der Waals surface area contributed by atoms with Crippen LogP contribution in [0.5, 0.6) is 0 Å². The van der Waals surface area contributed by atoms with Gasteiger partial charge in [-0.25, -0.2) is 22.8 Å². The van der Waals surface area contributed by atoms with E-state index in [1.54, 1.807) is 55.1 Å². The molecule has 0 bridgehead atoms. The average molecular weight is 1900 g/mol. The van der Waals surface area contributed by atoms with Crippen molar-refractivity contribution >= 4 is 92.2 Å². The van der Waals surface area contributed by atoms with Gasteiger partial charge in [0.25, 0.3) is 0 Å². The maximum Gasteiger partial charge on any atom is 0.213 e. The molecule has 0 unspecified atom stereocenters. The zero-order valence-electron chi connectivity index (χ0n) is 95.1. The Labute approximate surface area is 837 Å². The van der Waals surface area contributed by atoms with E-state index in [4.69, 9.17) is 8.22 Å². The molecule has 0 saturated heterocycles. The zero-order chi connectivity index (χ0) is 105. The van der Waals surface area contributed by atoms with Crippen LogP contribution in [-0.4, -0.2) is 40.4 Å². The lowest BCUT2D eigenvalue weighted by Crippen LogP contribution is -2.63. The molecule has 0 aliphatic carbocycles. The minimum atomic E-state index is -2.11. The van der Waals surface area contributed by atoms with Crippen LogP contribution < -0.4 is 74.7 Å². The second-order valence-corrected chi connectivity index (χ2v) is 67.8. The first kappa shape index (κ1) is 91.1. The molecule has 20 rings (SSSR count). The van der Waals surface area contributed by atoms with Crippen molar-refractivity contribution in [2.45, 2.75) is 245 Å². The number of hydrogen-bond donors (Lipinski definition) is 0. The topological polar surface area (TPSA) is 19.4 Å². The van der Waals surface area contributed by atoms with Crippen molar-refractivity contribution in [2.75, 3.05) is 0 Å². The largest absolute Gasteiger partial charge is 0.213 e. The lowest BCUT2D eigenvalue weighted by molar-refractivity contribution is -0.660. The Morgan fingerprint density at radius 1 is 0.204 bits per heavy atom. The lowest BCUT2D eigenvalue weighted by Gasteiger charge is -2.44. The summed E-state index contributed by atoms with van der Waals surface area (Å²) in [6.45, 7) is 66.2. The van der Waals surface area contributed by atoms with E-state index >= 15 is 0 Å². The summed E-state index contributed by atoms with van der Waals surface area (Å²) in [6, 6.07) is 86.0. The minimum Gasteiger partial charge on any atom is -0.201 e. The van der Waals surface area contributed by atoms with Gasteiger partial charge in [0, 0.05) is 99.0 Å². The molecule has 0 atom stereocenters. The van der Waals surface area contributed by atoms with Gasteiger partial charge in [-0.05, 0) is 222 Å². The van der Waals surface area contributed by atoms with Crippen molar-refractivity contribution in [1.82, 2.24) is 0 Å². The summed E-state index contributed by atoms with van der Waals surface area (Å²) in [5.74, 6) is 0. The number of benzene rings is 10. The number of pyridine rings is 5. The average Bonchev–Trinajstić information content (AvgIpc) is 0.722. The van der Waals surface area contributed by atoms with Gasteiger partial charge in [-0.15, -0.1) is 0 Å². The monoisotopic (exact) mass is 1900 g/mol. The third-order valence-electron chi connectivity index (χ3n) is 33.1. The van der Waals surface area contributed by atoms with Gasteiger partial charge in [-0.3, -0.25) is 0 Å². The molecule has 10 heteroatoms. The Bertz CT molecular complexity index is 7510. The van der Waals surface area contributed by atoms with Crippen molar-refractivity contribution in [2.24, 2.45) is 35.2 Å². The summed E-state index contributed by atoms with van der Waals surface area (Å²) in [5.41, 5.74) is 40.9. The van der Waals surface area contributed by atoms with Crippen LogP contribution in [0.4, 0.5) is 0 Å². The standard InChI is InChI=1S/2C26H32NSi.3C25H30NSi/c2*1-17-13-14-23-25(24(17)21-15-18(2)19(3)16-27(21)6)26(4,5)20-11-9-10-12-22(20)28(23,7)8;1-17-12-15-21(26(5)16-17)23-18(2)13-14-20-24(23)27(6,7)22-11-9-8-10-19(22)25(20,3)4;2*1-17-12-14-20(26(5)16-17)23-18(2)13-15-22-24(23)25(3,4)19-10-8-9-11-21(19)27(22,6)7/h2*9-16H,1-8H3;3*8-16H,1-7H3/q5*+1/i3D3;;;1D3;. The van der Waals surface area contributed by atoms with Gasteiger partial charge >= 0.3 is 0 Å². The van der Waals surface area contributed by atoms with Gasteiger partial charge in [-0.1, -0.05) is 343 Å². The van der Waals surface area contributed by atoms with E-state index in [9.17, 15) is 0 Å². The predicted molar refractivity (Wildman–Crippen MR) is 599 cm³/mol. The highest BCUT2D eigenvalue weighted by molar-refractivity contribution is 7.04. The first-order valence-corrected chi connectivity index (χ1v) is 64.7. The quantitative estimate of drug-likeness (QED) is 0.121. The third-order valence-corrected chi connectivity index (χ3v) is 50.9. The van der Waals surface area contributed by atoms with Gasteiger partial charge in [-0.2, -0.15) is 0 Å². The summed E-state index contributed by atoms with van der Waals surface area (Å²) in [7, 11) is 1.38.